The summed E-state index contributed by atoms with van der Waals surface area (Å²) in [5, 5.41) is 8.30. The highest BCUT2D eigenvalue weighted by atomic mass is 16.5. The quantitative estimate of drug-likeness (QED) is 0.539. The molecule has 29 heavy (non-hydrogen) atoms. The molecule has 0 saturated carbocycles. The Morgan fingerprint density at radius 1 is 1.00 bits per heavy atom. The average molecular weight is 385 g/mol. The van der Waals surface area contributed by atoms with Crippen molar-refractivity contribution in [2.45, 2.75) is 11.8 Å². The summed E-state index contributed by atoms with van der Waals surface area (Å²) in [5.74, 6) is 0.742. The van der Waals surface area contributed by atoms with Crippen LogP contribution >= 0.6 is 0 Å². The number of likely N-dealkylation sites (tertiary alicyclic amines) is 1. The lowest BCUT2D eigenvalue weighted by Crippen LogP contribution is -2.29. The molecule has 144 valence electrons. The molecule has 0 bridgehead atoms. The van der Waals surface area contributed by atoms with E-state index in [1.165, 1.54) is 12.0 Å². The van der Waals surface area contributed by atoms with E-state index in [0.717, 1.165) is 5.69 Å². The smallest absolute Gasteiger partial charge is 0.253 e. The van der Waals surface area contributed by atoms with E-state index in [0.29, 0.717) is 24.5 Å². The van der Waals surface area contributed by atoms with Crippen LogP contribution in [0.4, 0.5) is 0 Å². The molecule has 2 aromatic heterocycles. The van der Waals surface area contributed by atoms with Crippen molar-refractivity contribution in [2.75, 3.05) is 13.1 Å². The summed E-state index contributed by atoms with van der Waals surface area (Å²) in [4.78, 5) is 19.4. The number of rotatable bonds is 4. The van der Waals surface area contributed by atoms with Crippen LogP contribution in [-0.4, -0.2) is 43.8 Å². The fourth-order valence-electron chi connectivity index (χ4n) is 4.00. The number of benzene rings is 2. The van der Waals surface area contributed by atoms with E-state index in [1.54, 1.807) is 10.9 Å². The first kappa shape index (κ1) is 17.4. The van der Waals surface area contributed by atoms with Crippen LogP contribution in [0.5, 0.6) is 0 Å². The second-order valence-electron chi connectivity index (χ2n) is 7.12. The normalized spacial score (nSPS) is 18.8. The van der Waals surface area contributed by atoms with Crippen LogP contribution in [0.2, 0.25) is 0 Å². The molecule has 0 aliphatic carbocycles. The topological polar surface area (TPSA) is 77.0 Å². The molecule has 1 amide bonds. The Labute approximate surface area is 167 Å². The number of aromatic nitrogens is 4. The SMILES string of the molecule is O=C(c1cccc(-n2cccn2)c1)N1C[C@H](c2ccccc2)[C@@H](c2ncon2)C1. The van der Waals surface area contributed by atoms with Crippen molar-refractivity contribution in [1.82, 2.24) is 24.8 Å². The van der Waals surface area contributed by atoms with E-state index in [1.807, 2.05) is 59.6 Å². The Morgan fingerprint density at radius 2 is 1.86 bits per heavy atom. The van der Waals surface area contributed by atoms with Gasteiger partial charge in [0.25, 0.3) is 5.91 Å². The Bertz CT molecular complexity index is 1090. The lowest BCUT2D eigenvalue weighted by molar-refractivity contribution is 0.0788. The number of amides is 1. The Morgan fingerprint density at radius 3 is 2.62 bits per heavy atom. The number of hydrogen-bond acceptors (Lipinski definition) is 5. The van der Waals surface area contributed by atoms with Crippen LogP contribution in [0.1, 0.15) is 33.6 Å². The van der Waals surface area contributed by atoms with Gasteiger partial charge in [0.05, 0.1) is 5.69 Å². The van der Waals surface area contributed by atoms with Crippen LogP contribution in [0.3, 0.4) is 0 Å². The van der Waals surface area contributed by atoms with Gasteiger partial charge in [-0.3, -0.25) is 4.79 Å². The van der Waals surface area contributed by atoms with Crippen molar-refractivity contribution < 1.29 is 9.32 Å². The summed E-state index contributed by atoms with van der Waals surface area (Å²) < 4.78 is 6.72. The molecule has 0 spiro atoms. The predicted octanol–water partition coefficient (Wildman–Crippen LogP) is 3.28. The van der Waals surface area contributed by atoms with Gasteiger partial charge in [-0.15, -0.1) is 0 Å². The fourth-order valence-corrected chi connectivity index (χ4v) is 4.00. The third-order valence-corrected chi connectivity index (χ3v) is 5.41. The molecular weight excluding hydrogens is 366 g/mol. The first-order chi connectivity index (χ1) is 14.3. The zero-order valence-electron chi connectivity index (χ0n) is 15.6. The summed E-state index contributed by atoms with van der Waals surface area (Å²) in [6, 6.07) is 19.6. The molecule has 4 aromatic rings. The van der Waals surface area contributed by atoms with Gasteiger partial charge in [-0.25, -0.2) is 4.68 Å². The molecule has 3 heterocycles. The number of carbonyl (C=O) groups excluding carboxylic acids is 1. The molecule has 1 aliphatic rings. The molecule has 0 N–H and O–H groups in total. The monoisotopic (exact) mass is 385 g/mol. The minimum absolute atomic E-state index is 0.00519. The largest absolute Gasteiger partial charge is 0.343 e. The predicted molar refractivity (Wildman–Crippen MR) is 106 cm³/mol. The van der Waals surface area contributed by atoms with Gasteiger partial charge < -0.3 is 9.42 Å². The van der Waals surface area contributed by atoms with Crippen LogP contribution in [0.15, 0.2) is 84.0 Å². The molecule has 0 unspecified atom stereocenters. The van der Waals surface area contributed by atoms with Gasteiger partial charge in [-0.2, -0.15) is 10.1 Å². The second-order valence-corrected chi connectivity index (χ2v) is 7.12. The maximum Gasteiger partial charge on any atom is 0.253 e. The highest BCUT2D eigenvalue weighted by Crippen LogP contribution is 2.38. The van der Waals surface area contributed by atoms with Gasteiger partial charge in [-0.1, -0.05) is 41.6 Å². The van der Waals surface area contributed by atoms with E-state index >= 15 is 0 Å². The Hall–Kier alpha value is -3.74. The number of carbonyl (C=O) groups is 1. The van der Waals surface area contributed by atoms with Gasteiger partial charge in [0.1, 0.15) is 0 Å². The Balaban J connectivity index is 1.44. The van der Waals surface area contributed by atoms with E-state index < -0.39 is 0 Å². The number of hydrogen-bond donors (Lipinski definition) is 0. The summed E-state index contributed by atoms with van der Waals surface area (Å²) >= 11 is 0. The fraction of sp³-hybridized carbons (Fsp3) is 0.182. The van der Waals surface area contributed by atoms with Crippen molar-refractivity contribution in [1.29, 1.82) is 0 Å². The van der Waals surface area contributed by atoms with Gasteiger partial charge in [0, 0.05) is 42.9 Å². The van der Waals surface area contributed by atoms with Crippen LogP contribution in [0, 0.1) is 0 Å². The van der Waals surface area contributed by atoms with Gasteiger partial charge in [0.2, 0.25) is 6.39 Å². The second kappa shape index (κ2) is 7.35. The van der Waals surface area contributed by atoms with Gasteiger partial charge in [-0.05, 0) is 29.8 Å². The molecule has 2 atom stereocenters. The highest BCUT2D eigenvalue weighted by molar-refractivity contribution is 5.95. The standard InChI is InChI=1S/C22H19N5O2/c28-22(17-8-4-9-18(12-17)27-11-5-10-24-27)26-13-19(16-6-2-1-3-7-16)20(14-26)21-23-15-29-25-21/h1-12,15,19-20H,13-14H2/t19-,20+/m1/s1. The van der Waals surface area contributed by atoms with Crippen LogP contribution < -0.4 is 0 Å². The molecule has 5 rings (SSSR count). The molecule has 1 fully saturated rings. The van der Waals surface area contributed by atoms with Crippen LogP contribution in [-0.2, 0) is 0 Å². The van der Waals surface area contributed by atoms with Crippen molar-refractivity contribution in [3.8, 4) is 5.69 Å². The maximum atomic E-state index is 13.3. The zero-order valence-corrected chi connectivity index (χ0v) is 15.6. The summed E-state index contributed by atoms with van der Waals surface area (Å²) in [6.07, 6.45) is 4.92. The third-order valence-electron chi connectivity index (χ3n) is 5.41. The minimum Gasteiger partial charge on any atom is -0.343 e. The molecule has 2 aromatic carbocycles. The Kier molecular flexibility index (Phi) is 4.40. The lowest BCUT2D eigenvalue weighted by Gasteiger charge is -2.17. The van der Waals surface area contributed by atoms with Gasteiger partial charge >= 0.3 is 0 Å². The van der Waals surface area contributed by atoms with Crippen LogP contribution in [0.25, 0.3) is 5.69 Å². The lowest BCUT2D eigenvalue weighted by atomic mass is 9.88. The van der Waals surface area contributed by atoms with Crippen molar-refractivity contribution in [2.24, 2.45) is 0 Å². The van der Waals surface area contributed by atoms with Crippen molar-refractivity contribution in [3.05, 3.63) is 96.4 Å². The molecule has 7 heteroatoms. The van der Waals surface area contributed by atoms with E-state index in [9.17, 15) is 4.79 Å². The molecule has 0 radical (unpaired) electrons. The first-order valence-corrected chi connectivity index (χ1v) is 9.50. The minimum atomic E-state index is -0.00840. The first-order valence-electron chi connectivity index (χ1n) is 9.50. The highest BCUT2D eigenvalue weighted by Gasteiger charge is 2.39. The maximum absolute atomic E-state index is 13.3. The number of nitrogens with zero attached hydrogens (tertiary/aromatic N) is 5. The van der Waals surface area contributed by atoms with Crippen molar-refractivity contribution >= 4 is 5.91 Å². The van der Waals surface area contributed by atoms with Gasteiger partial charge in [0.15, 0.2) is 5.82 Å². The summed E-state index contributed by atoms with van der Waals surface area (Å²) in [7, 11) is 0. The van der Waals surface area contributed by atoms with E-state index in [-0.39, 0.29) is 17.7 Å². The van der Waals surface area contributed by atoms with E-state index in [4.69, 9.17) is 4.52 Å². The molecular formula is C22H19N5O2. The third kappa shape index (κ3) is 3.31. The van der Waals surface area contributed by atoms with Crippen molar-refractivity contribution in [3.63, 3.8) is 0 Å². The average Bonchev–Trinajstić information content (AvgIpc) is 3.55. The van der Waals surface area contributed by atoms with E-state index in [2.05, 4.69) is 27.4 Å². The molecule has 1 aliphatic heterocycles. The molecule has 7 nitrogen and oxygen atoms in total. The summed E-state index contributed by atoms with van der Waals surface area (Å²) in [5.41, 5.74) is 2.66. The molecule has 1 saturated heterocycles. The zero-order chi connectivity index (χ0) is 19.6. The summed E-state index contributed by atoms with van der Waals surface area (Å²) in [6.45, 7) is 1.15.